The highest BCUT2D eigenvalue weighted by Crippen LogP contribution is 2.38. The number of sulfonamides is 1. The number of halogens is 3. The summed E-state index contributed by atoms with van der Waals surface area (Å²) in [5, 5.41) is 9.44. The van der Waals surface area contributed by atoms with Gasteiger partial charge in [0.15, 0.2) is 9.84 Å². The second-order valence-electron chi connectivity index (χ2n) is 8.13. The van der Waals surface area contributed by atoms with Crippen LogP contribution >= 0.6 is 22.9 Å². The molecule has 2 aromatic carbocycles. The molecule has 1 aromatic heterocycles. The monoisotopic (exact) mass is 577 g/mol. The minimum atomic E-state index is -4.26. The maximum atomic E-state index is 14.7. The van der Waals surface area contributed by atoms with Gasteiger partial charge in [-0.2, -0.15) is 0 Å². The number of nitrogens with one attached hydrogen (secondary N) is 1. The van der Waals surface area contributed by atoms with Gasteiger partial charge in [0, 0.05) is 17.1 Å². The van der Waals surface area contributed by atoms with Gasteiger partial charge in [-0.05, 0) is 72.7 Å². The Balaban J connectivity index is 1.92. The normalized spacial score (nSPS) is 13.9. The van der Waals surface area contributed by atoms with Crippen LogP contribution in [0.15, 0.2) is 57.6 Å². The molecule has 194 valence electrons. The van der Waals surface area contributed by atoms with Crippen LogP contribution in [0.1, 0.15) is 39.4 Å². The van der Waals surface area contributed by atoms with Crippen molar-refractivity contribution >= 4 is 48.8 Å². The van der Waals surface area contributed by atoms with Gasteiger partial charge >= 0.3 is 5.97 Å². The van der Waals surface area contributed by atoms with Gasteiger partial charge in [-0.3, -0.25) is 0 Å². The molecule has 0 aliphatic rings. The summed E-state index contributed by atoms with van der Waals surface area (Å²) in [4.78, 5) is 10.5. The summed E-state index contributed by atoms with van der Waals surface area (Å²) in [6.07, 6.45) is -0.0851. The molecule has 2 atom stereocenters. The fourth-order valence-corrected chi connectivity index (χ4v) is 8.71. The smallest absolute Gasteiger partial charge is 0.347 e. The van der Waals surface area contributed by atoms with E-state index in [1.165, 1.54) is 43.5 Å². The molecule has 0 amide bonds. The van der Waals surface area contributed by atoms with E-state index in [0.717, 1.165) is 29.5 Å². The van der Waals surface area contributed by atoms with E-state index < -0.39 is 48.6 Å². The largest absolute Gasteiger partial charge is 0.477 e. The average Bonchev–Trinajstić information content (AvgIpc) is 3.19. The summed E-state index contributed by atoms with van der Waals surface area (Å²) < 4.78 is 83.7. The van der Waals surface area contributed by atoms with Crippen molar-refractivity contribution in [1.29, 1.82) is 0 Å². The maximum Gasteiger partial charge on any atom is 0.347 e. The first-order chi connectivity index (χ1) is 16.8. The van der Waals surface area contributed by atoms with Gasteiger partial charge < -0.3 is 5.11 Å². The summed E-state index contributed by atoms with van der Waals surface area (Å²) >= 11 is 6.63. The molecule has 0 spiro atoms. The topological polar surface area (TPSA) is 118 Å². The van der Waals surface area contributed by atoms with Crippen LogP contribution in [-0.2, 0) is 19.9 Å². The van der Waals surface area contributed by atoms with Crippen molar-refractivity contribution in [2.24, 2.45) is 5.92 Å². The number of thiophene rings is 1. The number of carbonyl (C=O) groups is 1. The lowest BCUT2D eigenvalue weighted by atomic mass is 9.97. The van der Waals surface area contributed by atoms with Gasteiger partial charge in [0.1, 0.15) is 21.4 Å². The third-order valence-electron chi connectivity index (χ3n) is 5.53. The number of aryl methyl sites for hydroxylation is 1. The number of rotatable bonds is 10. The van der Waals surface area contributed by atoms with E-state index in [0.29, 0.717) is 0 Å². The van der Waals surface area contributed by atoms with E-state index >= 15 is 0 Å². The van der Waals surface area contributed by atoms with Gasteiger partial charge in [0.05, 0.1) is 10.1 Å². The maximum absolute atomic E-state index is 14.7. The second-order valence-corrected chi connectivity index (χ2v) is 13.2. The van der Waals surface area contributed by atoms with Gasteiger partial charge in [-0.15, -0.1) is 11.3 Å². The van der Waals surface area contributed by atoms with Crippen LogP contribution in [0.25, 0.3) is 0 Å². The zero-order valence-electron chi connectivity index (χ0n) is 19.0. The van der Waals surface area contributed by atoms with Crippen molar-refractivity contribution in [3.63, 3.8) is 0 Å². The number of carboxylic acids is 1. The molecule has 0 fully saturated rings. The van der Waals surface area contributed by atoms with Crippen LogP contribution in [0, 0.1) is 24.5 Å². The molecule has 0 aliphatic carbocycles. The van der Waals surface area contributed by atoms with Crippen molar-refractivity contribution < 1.29 is 35.5 Å². The zero-order chi connectivity index (χ0) is 26.8. The summed E-state index contributed by atoms with van der Waals surface area (Å²) in [7, 11) is -8.50. The zero-order valence-corrected chi connectivity index (χ0v) is 22.2. The van der Waals surface area contributed by atoms with Crippen molar-refractivity contribution in [1.82, 2.24) is 4.72 Å². The number of sulfone groups is 1. The van der Waals surface area contributed by atoms with E-state index in [2.05, 4.69) is 4.72 Å². The fourth-order valence-electron chi connectivity index (χ4n) is 3.84. The molecular formula is C23H22ClF2NO6S3. The van der Waals surface area contributed by atoms with E-state index in [1.807, 2.05) is 0 Å². The summed E-state index contributed by atoms with van der Waals surface area (Å²) in [5.74, 6) is -4.03. The molecule has 3 aromatic rings. The quantitative estimate of drug-likeness (QED) is 0.342. The molecule has 0 bridgehead atoms. The molecule has 2 unspecified atom stereocenters. The minimum absolute atomic E-state index is 0.0851. The summed E-state index contributed by atoms with van der Waals surface area (Å²) in [6, 6.07) is 7.73. The molecule has 13 heteroatoms. The lowest BCUT2D eigenvalue weighted by Gasteiger charge is -2.25. The number of hydrogen-bond acceptors (Lipinski definition) is 6. The van der Waals surface area contributed by atoms with Gasteiger partial charge in [-0.25, -0.2) is 35.1 Å². The van der Waals surface area contributed by atoms with E-state index in [4.69, 9.17) is 11.6 Å². The molecule has 0 aliphatic heterocycles. The van der Waals surface area contributed by atoms with E-state index in [1.54, 1.807) is 0 Å². The van der Waals surface area contributed by atoms with Crippen molar-refractivity contribution in [2.45, 2.75) is 35.3 Å². The molecule has 1 heterocycles. The Bertz CT molecular complexity index is 1490. The SMILES string of the molecule is Cc1csc(C(=O)O)c1S(=O)(=O)NCCC(C)C(c1cc(F)ccc1F)S(=O)(=O)c1ccc(Cl)cc1. The molecule has 0 radical (unpaired) electrons. The first-order valence-corrected chi connectivity index (χ1v) is 14.8. The van der Waals surface area contributed by atoms with E-state index in [9.17, 15) is 35.5 Å². The van der Waals surface area contributed by atoms with Crippen LogP contribution in [0.2, 0.25) is 5.02 Å². The van der Waals surface area contributed by atoms with Crippen LogP contribution in [-0.4, -0.2) is 34.5 Å². The second kappa shape index (κ2) is 10.9. The fraction of sp³-hybridized carbons (Fsp3) is 0.261. The third kappa shape index (κ3) is 5.94. The van der Waals surface area contributed by atoms with E-state index in [-0.39, 0.29) is 43.8 Å². The van der Waals surface area contributed by atoms with Gasteiger partial charge in [0.2, 0.25) is 10.0 Å². The number of benzene rings is 2. The highest BCUT2D eigenvalue weighted by Gasteiger charge is 2.36. The van der Waals surface area contributed by atoms with Crippen molar-refractivity contribution in [3.8, 4) is 0 Å². The predicted octanol–water partition coefficient (Wildman–Crippen LogP) is 5.21. The Morgan fingerprint density at radius 2 is 1.75 bits per heavy atom. The molecular weight excluding hydrogens is 556 g/mol. The van der Waals surface area contributed by atoms with Crippen molar-refractivity contribution in [2.75, 3.05) is 6.54 Å². The van der Waals surface area contributed by atoms with Crippen LogP contribution in [0.5, 0.6) is 0 Å². The predicted molar refractivity (Wildman–Crippen MR) is 133 cm³/mol. The van der Waals surface area contributed by atoms with Crippen LogP contribution in [0.3, 0.4) is 0 Å². The first-order valence-electron chi connectivity index (χ1n) is 10.5. The highest BCUT2D eigenvalue weighted by molar-refractivity contribution is 7.91. The molecule has 3 rings (SSSR count). The lowest BCUT2D eigenvalue weighted by Crippen LogP contribution is -2.30. The highest BCUT2D eigenvalue weighted by atomic mass is 35.5. The van der Waals surface area contributed by atoms with Crippen molar-refractivity contribution in [3.05, 3.63) is 80.5 Å². The Labute approximate surface area is 216 Å². The minimum Gasteiger partial charge on any atom is -0.477 e. The Hall–Kier alpha value is -2.38. The third-order valence-corrected chi connectivity index (χ3v) is 11.0. The van der Waals surface area contributed by atoms with Gasteiger partial charge in [-0.1, -0.05) is 18.5 Å². The Morgan fingerprint density at radius 3 is 2.36 bits per heavy atom. The van der Waals surface area contributed by atoms with Gasteiger partial charge in [0.25, 0.3) is 0 Å². The Kier molecular flexibility index (Phi) is 8.56. The average molecular weight is 578 g/mol. The Morgan fingerprint density at radius 1 is 1.11 bits per heavy atom. The number of hydrogen-bond donors (Lipinski definition) is 2. The number of aromatic carboxylic acids is 1. The van der Waals surface area contributed by atoms with Crippen LogP contribution < -0.4 is 4.72 Å². The first kappa shape index (κ1) is 28.2. The molecule has 0 saturated heterocycles. The standard InChI is InChI=1S/C23H22ClF2NO6S3/c1-13(9-10-27-36(32,33)22-14(2)12-34-20(22)23(28)29)21(18-11-16(25)5-8-19(18)26)35(30,31)17-6-3-15(24)4-7-17/h3-8,11-13,21,27H,9-10H2,1-2H3,(H,28,29). The lowest BCUT2D eigenvalue weighted by molar-refractivity contribution is 0.0698. The molecule has 36 heavy (non-hydrogen) atoms. The molecule has 7 nitrogen and oxygen atoms in total. The van der Waals surface area contributed by atoms with Crippen LogP contribution in [0.4, 0.5) is 8.78 Å². The summed E-state index contributed by atoms with van der Waals surface area (Å²) in [5.41, 5.74) is -0.134. The molecule has 2 N–H and O–H groups in total. The summed E-state index contributed by atoms with van der Waals surface area (Å²) in [6.45, 7) is 2.66. The molecule has 0 saturated carbocycles. The number of carboxylic acid groups (broad SMARTS) is 1.